The molecule has 0 fully saturated rings. The van der Waals surface area contributed by atoms with Gasteiger partial charge in [-0.05, 0) is 26.2 Å². The molecule has 0 aliphatic heterocycles. The summed E-state index contributed by atoms with van der Waals surface area (Å²) in [6.45, 7) is 1.00. The van der Waals surface area contributed by atoms with Gasteiger partial charge in [-0.25, -0.2) is 4.39 Å². The van der Waals surface area contributed by atoms with Crippen LogP contribution in [-0.2, 0) is 4.79 Å². The number of hydrogen-bond acceptors (Lipinski definition) is 3. The highest BCUT2D eigenvalue weighted by atomic mass is 19.1. The smallest absolute Gasteiger partial charge is 0.305 e. The van der Waals surface area contributed by atoms with Crippen molar-refractivity contribution in [1.29, 1.82) is 0 Å². The highest BCUT2D eigenvalue weighted by Crippen LogP contribution is 2.10. The van der Waals surface area contributed by atoms with Crippen LogP contribution in [0.4, 0.5) is 4.39 Å². The number of aliphatic carboxylic acids is 1. The maximum absolute atomic E-state index is 13.6. The lowest BCUT2D eigenvalue weighted by Crippen LogP contribution is -2.38. The third kappa shape index (κ3) is 4.97. The van der Waals surface area contributed by atoms with E-state index in [2.05, 4.69) is 0 Å². The maximum atomic E-state index is 13.6. The second-order valence-electron chi connectivity index (χ2n) is 4.72. The van der Waals surface area contributed by atoms with Crippen molar-refractivity contribution in [2.75, 3.05) is 33.7 Å². The first-order chi connectivity index (χ1) is 9.41. The van der Waals surface area contributed by atoms with Gasteiger partial charge in [-0.1, -0.05) is 12.1 Å². The average molecular weight is 282 g/mol. The molecular weight excluding hydrogens is 263 g/mol. The van der Waals surface area contributed by atoms with E-state index in [9.17, 15) is 14.0 Å². The number of benzene rings is 1. The summed E-state index contributed by atoms with van der Waals surface area (Å²) < 4.78 is 13.6. The monoisotopic (exact) mass is 282 g/mol. The lowest BCUT2D eigenvalue weighted by molar-refractivity contribution is -0.137. The van der Waals surface area contributed by atoms with E-state index in [0.29, 0.717) is 13.1 Å². The Hall–Kier alpha value is -1.95. The van der Waals surface area contributed by atoms with Crippen molar-refractivity contribution >= 4 is 11.9 Å². The number of amides is 1. The van der Waals surface area contributed by atoms with E-state index in [1.54, 1.807) is 6.07 Å². The van der Waals surface area contributed by atoms with Crippen molar-refractivity contribution in [2.45, 2.75) is 6.42 Å². The highest BCUT2D eigenvalue weighted by molar-refractivity contribution is 5.94. The predicted octanol–water partition coefficient (Wildman–Crippen LogP) is 1.30. The molecule has 1 aromatic rings. The zero-order valence-corrected chi connectivity index (χ0v) is 11.7. The molecule has 0 aliphatic rings. The topological polar surface area (TPSA) is 60.9 Å². The van der Waals surface area contributed by atoms with Crippen LogP contribution >= 0.6 is 0 Å². The van der Waals surface area contributed by atoms with Crippen LogP contribution in [0.3, 0.4) is 0 Å². The number of carboxylic acid groups (broad SMARTS) is 1. The zero-order chi connectivity index (χ0) is 15.1. The number of hydrogen-bond donors (Lipinski definition) is 1. The number of carbonyl (C=O) groups excluding carboxylic acids is 1. The molecular formula is C14H19FN2O3. The van der Waals surface area contributed by atoms with Crippen molar-refractivity contribution in [3.63, 3.8) is 0 Å². The number of likely N-dealkylation sites (N-methyl/N-ethyl adjacent to an activating group) is 1. The van der Waals surface area contributed by atoms with Crippen LogP contribution in [0, 0.1) is 5.82 Å². The molecule has 0 aliphatic carbocycles. The third-order valence-corrected chi connectivity index (χ3v) is 2.80. The fraction of sp³-hybridized carbons (Fsp3) is 0.429. The van der Waals surface area contributed by atoms with Crippen LogP contribution < -0.4 is 0 Å². The lowest BCUT2D eigenvalue weighted by Gasteiger charge is -2.24. The van der Waals surface area contributed by atoms with E-state index in [-0.39, 0.29) is 18.5 Å². The molecule has 1 amide bonds. The van der Waals surface area contributed by atoms with Crippen molar-refractivity contribution in [3.8, 4) is 0 Å². The van der Waals surface area contributed by atoms with Gasteiger partial charge >= 0.3 is 5.97 Å². The Labute approximate surface area is 117 Å². The van der Waals surface area contributed by atoms with Gasteiger partial charge in [-0.15, -0.1) is 0 Å². The first-order valence-corrected chi connectivity index (χ1v) is 6.32. The molecule has 0 atom stereocenters. The highest BCUT2D eigenvalue weighted by Gasteiger charge is 2.19. The standard InChI is InChI=1S/C14H19FN2O3/c1-16(2)9-10-17(8-7-13(18)19)14(20)11-5-3-4-6-12(11)15/h3-6H,7-10H2,1-2H3,(H,18,19). The molecule has 0 saturated heterocycles. The van der Waals surface area contributed by atoms with E-state index >= 15 is 0 Å². The fourth-order valence-corrected chi connectivity index (χ4v) is 1.67. The van der Waals surface area contributed by atoms with Gasteiger partial charge in [0.05, 0.1) is 12.0 Å². The summed E-state index contributed by atoms with van der Waals surface area (Å²) in [5.74, 6) is -2.06. The molecule has 0 radical (unpaired) electrons. The molecule has 20 heavy (non-hydrogen) atoms. The summed E-state index contributed by atoms with van der Waals surface area (Å²) in [6, 6.07) is 5.71. The zero-order valence-electron chi connectivity index (χ0n) is 11.7. The van der Waals surface area contributed by atoms with E-state index in [0.717, 1.165) is 0 Å². The number of rotatable bonds is 7. The number of carboxylic acids is 1. The molecule has 0 aromatic heterocycles. The van der Waals surface area contributed by atoms with Crippen LogP contribution in [0.5, 0.6) is 0 Å². The lowest BCUT2D eigenvalue weighted by atomic mass is 10.1. The van der Waals surface area contributed by atoms with E-state index in [1.807, 2.05) is 19.0 Å². The fourth-order valence-electron chi connectivity index (χ4n) is 1.67. The Balaban J connectivity index is 2.82. The molecule has 110 valence electrons. The van der Waals surface area contributed by atoms with Gasteiger partial charge in [-0.3, -0.25) is 9.59 Å². The summed E-state index contributed by atoms with van der Waals surface area (Å²) in [7, 11) is 3.70. The Morgan fingerprint density at radius 2 is 1.80 bits per heavy atom. The molecule has 1 aromatic carbocycles. The minimum Gasteiger partial charge on any atom is -0.481 e. The molecule has 5 nitrogen and oxygen atoms in total. The maximum Gasteiger partial charge on any atom is 0.305 e. The number of halogens is 1. The summed E-state index contributed by atoms with van der Waals surface area (Å²) in [5, 5.41) is 8.72. The molecule has 0 saturated carbocycles. The van der Waals surface area contributed by atoms with Crippen LogP contribution in [0.2, 0.25) is 0 Å². The largest absolute Gasteiger partial charge is 0.481 e. The third-order valence-electron chi connectivity index (χ3n) is 2.80. The number of nitrogens with zero attached hydrogens (tertiary/aromatic N) is 2. The van der Waals surface area contributed by atoms with Gasteiger partial charge in [0.2, 0.25) is 0 Å². The van der Waals surface area contributed by atoms with Crippen LogP contribution in [0.15, 0.2) is 24.3 Å². The van der Waals surface area contributed by atoms with Crippen molar-refractivity contribution in [1.82, 2.24) is 9.80 Å². The van der Waals surface area contributed by atoms with Crippen LogP contribution in [0.1, 0.15) is 16.8 Å². The normalized spacial score (nSPS) is 10.6. The molecule has 0 spiro atoms. The second-order valence-corrected chi connectivity index (χ2v) is 4.72. The Morgan fingerprint density at radius 3 is 2.35 bits per heavy atom. The van der Waals surface area contributed by atoms with Gasteiger partial charge in [-0.2, -0.15) is 0 Å². The minimum absolute atomic E-state index is 0.0309. The summed E-state index contributed by atoms with van der Waals surface area (Å²) in [6.07, 6.45) is -0.159. The van der Waals surface area contributed by atoms with Gasteiger partial charge in [0.15, 0.2) is 0 Å². The number of carbonyl (C=O) groups is 2. The van der Waals surface area contributed by atoms with Crippen molar-refractivity contribution in [2.24, 2.45) is 0 Å². The van der Waals surface area contributed by atoms with Crippen LogP contribution in [0.25, 0.3) is 0 Å². The van der Waals surface area contributed by atoms with E-state index in [1.165, 1.54) is 23.1 Å². The van der Waals surface area contributed by atoms with Gasteiger partial charge in [0, 0.05) is 19.6 Å². The SMILES string of the molecule is CN(C)CCN(CCC(=O)O)C(=O)c1ccccc1F. The first-order valence-electron chi connectivity index (χ1n) is 6.32. The Bertz CT molecular complexity index is 477. The molecule has 0 unspecified atom stereocenters. The molecule has 1 N–H and O–H groups in total. The summed E-state index contributed by atoms with van der Waals surface area (Å²) in [5.41, 5.74) is -0.0309. The molecule has 6 heteroatoms. The van der Waals surface area contributed by atoms with Gasteiger partial charge in [0.25, 0.3) is 5.91 Å². The van der Waals surface area contributed by atoms with E-state index in [4.69, 9.17) is 5.11 Å². The predicted molar refractivity (Wildman–Crippen MR) is 73.1 cm³/mol. The summed E-state index contributed by atoms with van der Waals surface area (Å²) >= 11 is 0. The molecule has 0 heterocycles. The summed E-state index contributed by atoms with van der Waals surface area (Å²) in [4.78, 5) is 26.2. The van der Waals surface area contributed by atoms with E-state index < -0.39 is 17.7 Å². The minimum atomic E-state index is -0.985. The average Bonchev–Trinajstić information content (AvgIpc) is 2.38. The van der Waals surface area contributed by atoms with Crippen LogP contribution in [-0.4, -0.2) is 60.5 Å². The Morgan fingerprint density at radius 1 is 1.15 bits per heavy atom. The quantitative estimate of drug-likeness (QED) is 0.819. The van der Waals surface area contributed by atoms with Gasteiger partial charge in [0.1, 0.15) is 5.82 Å². The van der Waals surface area contributed by atoms with Gasteiger partial charge < -0.3 is 14.9 Å². The van der Waals surface area contributed by atoms with Crippen molar-refractivity contribution in [3.05, 3.63) is 35.6 Å². The molecule has 1 rings (SSSR count). The Kier molecular flexibility index (Phi) is 6.11. The van der Waals surface area contributed by atoms with Crippen molar-refractivity contribution < 1.29 is 19.1 Å². The molecule has 0 bridgehead atoms. The second kappa shape index (κ2) is 7.59. The first kappa shape index (κ1) is 16.1.